The van der Waals surface area contributed by atoms with E-state index in [1.54, 1.807) is 0 Å². The molecule has 0 radical (unpaired) electrons. The van der Waals surface area contributed by atoms with Crippen LogP contribution in [0.2, 0.25) is 0 Å². The molecule has 150 valence electrons. The highest BCUT2D eigenvalue weighted by molar-refractivity contribution is 6.07. The number of amides is 3. The van der Waals surface area contributed by atoms with E-state index >= 15 is 0 Å². The summed E-state index contributed by atoms with van der Waals surface area (Å²) in [4.78, 5) is 49.0. The van der Waals surface area contributed by atoms with Gasteiger partial charge in [-0.25, -0.2) is 13.2 Å². The van der Waals surface area contributed by atoms with Gasteiger partial charge in [-0.2, -0.15) is 0 Å². The fourth-order valence-electron chi connectivity index (χ4n) is 3.52. The third kappa shape index (κ3) is 3.85. The minimum Gasteiger partial charge on any atom is -0.454 e. The molecular weight excluding hydrogens is 381 g/mol. The van der Waals surface area contributed by atoms with Crippen molar-refractivity contribution in [1.29, 1.82) is 0 Å². The van der Waals surface area contributed by atoms with Crippen LogP contribution in [-0.2, 0) is 23.9 Å². The van der Waals surface area contributed by atoms with Crippen LogP contribution in [0, 0.1) is 29.3 Å². The number of hydrogen-bond donors (Lipinski definition) is 1. The van der Waals surface area contributed by atoms with Crippen molar-refractivity contribution in [3.05, 3.63) is 29.6 Å². The Morgan fingerprint density at radius 3 is 2.25 bits per heavy atom. The van der Waals surface area contributed by atoms with Gasteiger partial charge in [0.05, 0.1) is 17.5 Å². The molecule has 10 heteroatoms. The van der Waals surface area contributed by atoms with Crippen LogP contribution in [0.25, 0.3) is 0 Å². The molecule has 28 heavy (non-hydrogen) atoms. The lowest BCUT2D eigenvalue weighted by molar-refractivity contribution is -0.154. The highest BCUT2D eigenvalue weighted by Crippen LogP contribution is 2.37. The third-order valence-corrected chi connectivity index (χ3v) is 4.89. The molecule has 1 aliphatic carbocycles. The first-order valence-electron chi connectivity index (χ1n) is 8.73. The first kappa shape index (κ1) is 19.8. The minimum atomic E-state index is -1.75. The zero-order valence-corrected chi connectivity index (χ0v) is 14.7. The Morgan fingerprint density at radius 1 is 1.04 bits per heavy atom. The number of hydrogen-bond acceptors (Lipinski definition) is 5. The van der Waals surface area contributed by atoms with Gasteiger partial charge in [0.15, 0.2) is 24.1 Å². The van der Waals surface area contributed by atoms with Gasteiger partial charge in [-0.15, -0.1) is 0 Å². The molecule has 3 amide bonds. The van der Waals surface area contributed by atoms with Crippen molar-refractivity contribution in [3.63, 3.8) is 0 Å². The second-order valence-electron chi connectivity index (χ2n) is 6.69. The lowest BCUT2D eigenvalue weighted by Crippen LogP contribution is -2.37. The first-order valence-corrected chi connectivity index (χ1v) is 8.73. The number of carbonyl (C=O) groups excluding carboxylic acids is 4. The van der Waals surface area contributed by atoms with Crippen LogP contribution in [0.4, 0.5) is 18.9 Å². The summed E-state index contributed by atoms with van der Waals surface area (Å²) in [5.74, 6) is -8.38. The maximum absolute atomic E-state index is 13.5. The molecule has 1 N–H and O–H groups in total. The molecule has 1 aliphatic heterocycles. The number of rotatable bonds is 5. The highest BCUT2D eigenvalue weighted by atomic mass is 19.2. The molecule has 0 spiro atoms. The topological polar surface area (TPSA) is 92.8 Å². The molecule has 2 atom stereocenters. The second kappa shape index (κ2) is 7.99. The number of benzene rings is 1. The number of likely N-dealkylation sites (tertiary alicyclic amines) is 1. The summed E-state index contributed by atoms with van der Waals surface area (Å²) in [6.07, 6.45) is 2.89. The van der Waals surface area contributed by atoms with Crippen LogP contribution in [0.1, 0.15) is 25.7 Å². The molecule has 1 aromatic carbocycles. The molecule has 1 heterocycles. The smallest absolute Gasteiger partial charge is 0.326 e. The maximum Gasteiger partial charge on any atom is 0.326 e. The fraction of sp³-hybridized carbons (Fsp3) is 0.444. The van der Waals surface area contributed by atoms with E-state index in [2.05, 4.69) is 0 Å². The third-order valence-electron chi connectivity index (χ3n) is 4.89. The molecule has 0 bridgehead atoms. The van der Waals surface area contributed by atoms with E-state index in [-0.39, 0.29) is 0 Å². The van der Waals surface area contributed by atoms with E-state index in [0.29, 0.717) is 18.9 Å². The zero-order valence-electron chi connectivity index (χ0n) is 14.7. The summed E-state index contributed by atoms with van der Waals surface area (Å²) >= 11 is 0. The number of fused-ring (bicyclic) bond motifs is 1. The van der Waals surface area contributed by atoms with Crippen molar-refractivity contribution in [2.24, 2.45) is 11.8 Å². The van der Waals surface area contributed by atoms with Gasteiger partial charge in [-0.1, -0.05) is 12.8 Å². The maximum atomic E-state index is 13.5. The molecule has 1 aromatic rings. The number of nitrogens with one attached hydrogen (secondary N) is 1. The predicted octanol–water partition coefficient (Wildman–Crippen LogP) is 1.76. The zero-order chi connectivity index (χ0) is 20.4. The summed E-state index contributed by atoms with van der Waals surface area (Å²) in [6.45, 7) is -1.46. The monoisotopic (exact) mass is 398 g/mol. The minimum absolute atomic E-state index is 0.409. The number of ether oxygens (including phenoxy) is 1. The first-order chi connectivity index (χ1) is 13.3. The summed E-state index contributed by atoms with van der Waals surface area (Å²) < 4.78 is 44.2. The van der Waals surface area contributed by atoms with Gasteiger partial charge >= 0.3 is 5.97 Å². The largest absolute Gasteiger partial charge is 0.454 e. The summed E-state index contributed by atoms with van der Waals surface area (Å²) in [6, 6.07) is 1.45. The Kier molecular flexibility index (Phi) is 5.66. The van der Waals surface area contributed by atoms with Gasteiger partial charge < -0.3 is 10.1 Å². The van der Waals surface area contributed by atoms with E-state index in [4.69, 9.17) is 4.74 Å². The van der Waals surface area contributed by atoms with Gasteiger partial charge in [0, 0.05) is 0 Å². The standard InChI is InChI=1S/C18H17F3N2O5/c19-11-5-6-12(16(21)15(11)20)22-13(24)8-28-14(25)7-23-17(26)9-3-1-2-4-10(9)18(23)27/h5-6,9-10H,1-4,7-8H2,(H,22,24)/t9-,10-/m1/s1. The Bertz CT molecular complexity index is 821. The normalized spacial score (nSPS) is 21.5. The summed E-state index contributed by atoms with van der Waals surface area (Å²) in [5, 5.41) is 1.94. The molecule has 1 saturated heterocycles. The predicted molar refractivity (Wildman–Crippen MR) is 88.1 cm³/mol. The Hall–Kier alpha value is -2.91. The number of nitrogens with zero attached hydrogens (tertiary/aromatic N) is 1. The highest BCUT2D eigenvalue weighted by Gasteiger charge is 2.48. The number of esters is 1. The van der Waals surface area contributed by atoms with E-state index in [0.717, 1.165) is 23.8 Å². The van der Waals surface area contributed by atoms with Gasteiger partial charge in [-0.05, 0) is 25.0 Å². The van der Waals surface area contributed by atoms with Gasteiger partial charge in [0.2, 0.25) is 11.8 Å². The number of anilines is 1. The Balaban J connectivity index is 1.52. The van der Waals surface area contributed by atoms with Crippen molar-refractivity contribution < 1.29 is 37.1 Å². The van der Waals surface area contributed by atoms with Crippen molar-refractivity contribution in [1.82, 2.24) is 4.90 Å². The quantitative estimate of drug-likeness (QED) is 0.464. The molecular formula is C18H17F3N2O5. The molecule has 2 fully saturated rings. The SMILES string of the molecule is O=C(COC(=O)CN1C(=O)[C@@H]2CCCC[C@H]2C1=O)Nc1ccc(F)c(F)c1F. The van der Waals surface area contributed by atoms with Crippen molar-refractivity contribution in [2.75, 3.05) is 18.5 Å². The average Bonchev–Trinajstić information content (AvgIpc) is 2.92. The van der Waals surface area contributed by atoms with Gasteiger partial charge in [0.25, 0.3) is 5.91 Å². The lowest BCUT2D eigenvalue weighted by atomic mass is 9.81. The van der Waals surface area contributed by atoms with E-state index in [1.165, 1.54) is 0 Å². The Morgan fingerprint density at radius 2 is 1.64 bits per heavy atom. The Labute approximate surface area is 157 Å². The van der Waals surface area contributed by atoms with Crippen LogP contribution in [0.15, 0.2) is 12.1 Å². The van der Waals surface area contributed by atoms with Crippen LogP contribution in [0.5, 0.6) is 0 Å². The van der Waals surface area contributed by atoms with E-state index in [1.807, 2.05) is 5.32 Å². The fourth-order valence-corrected chi connectivity index (χ4v) is 3.52. The summed E-state index contributed by atoms with van der Waals surface area (Å²) in [7, 11) is 0. The molecule has 2 aliphatic rings. The van der Waals surface area contributed by atoms with Gasteiger partial charge in [0.1, 0.15) is 6.54 Å². The van der Waals surface area contributed by atoms with Crippen molar-refractivity contribution in [3.8, 4) is 0 Å². The summed E-state index contributed by atoms with van der Waals surface area (Å²) in [5.41, 5.74) is -0.617. The van der Waals surface area contributed by atoms with E-state index in [9.17, 15) is 32.3 Å². The molecule has 0 aromatic heterocycles. The van der Waals surface area contributed by atoms with E-state index < -0.39 is 71.8 Å². The second-order valence-corrected chi connectivity index (χ2v) is 6.69. The van der Waals surface area contributed by atoms with Crippen molar-refractivity contribution in [2.45, 2.75) is 25.7 Å². The number of halogens is 3. The van der Waals surface area contributed by atoms with Gasteiger partial charge in [-0.3, -0.25) is 24.1 Å². The van der Waals surface area contributed by atoms with Crippen LogP contribution in [0.3, 0.4) is 0 Å². The van der Waals surface area contributed by atoms with Crippen LogP contribution < -0.4 is 5.32 Å². The molecule has 0 unspecified atom stereocenters. The van der Waals surface area contributed by atoms with Crippen molar-refractivity contribution >= 4 is 29.4 Å². The molecule has 1 saturated carbocycles. The lowest BCUT2D eigenvalue weighted by Gasteiger charge is -2.19. The number of imide groups is 1. The average molecular weight is 398 g/mol. The molecule has 3 rings (SSSR count). The number of carbonyl (C=O) groups is 4. The van der Waals surface area contributed by atoms with Crippen LogP contribution in [-0.4, -0.2) is 41.7 Å². The molecule has 7 nitrogen and oxygen atoms in total. The van der Waals surface area contributed by atoms with Crippen LogP contribution >= 0.6 is 0 Å².